The minimum atomic E-state index is -0.761. The third-order valence-electron chi connectivity index (χ3n) is 12.5. The van der Waals surface area contributed by atoms with Crippen molar-refractivity contribution in [3.05, 3.63) is 0 Å². The summed E-state index contributed by atoms with van der Waals surface area (Å²) in [6.07, 6.45) is 49.5. The highest BCUT2D eigenvalue weighted by atomic mass is 16.6. The largest absolute Gasteiger partial charge is 0.462 e. The molecule has 0 rings (SSSR count). The highest BCUT2D eigenvalue weighted by molar-refractivity contribution is 5.71. The van der Waals surface area contributed by atoms with E-state index in [1.54, 1.807) is 0 Å². The van der Waals surface area contributed by atoms with E-state index in [1.807, 2.05) is 0 Å². The molecule has 0 amide bonds. The molecule has 0 unspecified atom stereocenters. The van der Waals surface area contributed by atoms with Gasteiger partial charge in [-0.1, -0.05) is 266 Å². The highest BCUT2D eigenvalue weighted by Gasteiger charge is 2.19. The molecule has 0 aliphatic heterocycles. The molecule has 0 saturated heterocycles. The Labute approximate surface area is 380 Å². The Morgan fingerprint density at radius 1 is 0.311 bits per heavy atom. The zero-order valence-electron chi connectivity index (χ0n) is 41.8. The van der Waals surface area contributed by atoms with Crippen LogP contribution in [0.4, 0.5) is 0 Å². The molecule has 6 nitrogen and oxygen atoms in total. The molecule has 0 aliphatic rings. The molecule has 0 N–H and O–H groups in total. The van der Waals surface area contributed by atoms with Crippen LogP contribution in [0.5, 0.6) is 0 Å². The lowest BCUT2D eigenvalue weighted by Crippen LogP contribution is -2.30. The van der Waals surface area contributed by atoms with E-state index in [0.717, 1.165) is 69.6 Å². The summed E-state index contributed by atoms with van der Waals surface area (Å²) in [4.78, 5) is 37.9. The second kappa shape index (κ2) is 47.9. The van der Waals surface area contributed by atoms with E-state index in [2.05, 4.69) is 34.6 Å². The highest BCUT2D eigenvalue weighted by Crippen LogP contribution is 2.18. The number of unbranched alkanes of at least 4 members (excludes halogenated alkanes) is 34. The van der Waals surface area contributed by atoms with Gasteiger partial charge in [0.2, 0.25) is 0 Å². The van der Waals surface area contributed by atoms with Crippen LogP contribution in [0.3, 0.4) is 0 Å². The third kappa shape index (κ3) is 49.3. The minimum absolute atomic E-state index is 0.0632. The molecule has 0 fully saturated rings. The van der Waals surface area contributed by atoms with Gasteiger partial charge >= 0.3 is 17.9 Å². The first kappa shape index (κ1) is 59.4. The molecule has 0 aromatic rings. The van der Waals surface area contributed by atoms with E-state index >= 15 is 0 Å². The van der Waals surface area contributed by atoms with E-state index in [4.69, 9.17) is 14.2 Å². The molecule has 0 spiro atoms. The SMILES string of the molecule is CCCCCCCCCCCC(=O)OC[C@H](COC(=O)CCCCCCCCCCCCCCCCC(C)C)OC(=O)CCCCCCCCCCCCCCCCC(C)C. The maximum atomic E-state index is 12.8. The van der Waals surface area contributed by atoms with Crippen molar-refractivity contribution >= 4 is 17.9 Å². The van der Waals surface area contributed by atoms with Crippen LogP contribution in [0.15, 0.2) is 0 Å². The standard InChI is InChI=1S/C55H106O6/c1-6-7-8-9-10-23-30-35-40-45-53(56)59-48-52(61-55(58)47-42-37-32-27-22-18-14-12-16-20-25-29-34-39-44-51(4)5)49-60-54(57)46-41-36-31-26-21-17-13-11-15-19-24-28-33-38-43-50(2)3/h50-52H,6-49H2,1-5H3/t52-/m1/s1. The van der Waals surface area contributed by atoms with Crippen LogP contribution in [0.25, 0.3) is 0 Å². The molecule has 6 heteroatoms. The van der Waals surface area contributed by atoms with Gasteiger partial charge in [0.05, 0.1) is 0 Å². The Kier molecular flexibility index (Phi) is 46.6. The van der Waals surface area contributed by atoms with Crippen molar-refractivity contribution in [2.75, 3.05) is 13.2 Å². The summed E-state index contributed by atoms with van der Waals surface area (Å²) < 4.78 is 16.8. The Morgan fingerprint density at radius 2 is 0.541 bits per heavy atom. The van der Waals surface area contributed by atoms with Crippen molar-refractivity contribution in [2.24, 2.45) is 11.8 Å². The summed E-state index contributed by atoms with van der Waals surface area (Å²) in [7, 11) is 0. The molecule has 0 aromatic heterocycles. The van der Waals surface area contributed by atoms with E-state index in [-0.39, 0.29) is 31.1 Å². The number of carbonyl (C=O) groups is 3. The van der Waals surface area contributed by atoms with Gasteiger partial charge in [0.15, 0.2) is 6.10 Å². The van der Waals surface area contributed by atoms with E-state index in [9.17, 15) is 14.4 Å². The molecule has 0 bridgehead atoms. The topological polar surface area (TPSA) is 78.9 Å². The maximum absolute atomic E-state index is 12.8. The van der Waals surface area contributed by atoms with Gasteiger partial charge in [0.25, 0.3) is 0 Å². The van der Waals surface area contributed by atoms with Crippen molar-refractivity contribution in [1.82, 2.24) is 0 Å². The zero-order chi connectivity index (χ0) is 44.7. The number of esters is 3. The fourth-order valence-corrected chi connectivity index (χ4v) is 8.34. The van der Waals surface area contributed by atoms with Gasteiger partial charge in [0.1, 0.15) is 13.2 Å². The normalized spacial score (nSPS) is 12.0. The molecule has 0 aliphatic carbocycles. The maximum Gasteiger partial charge on any atom is 0.306 e. The average Bonchev–Trinajstić information content (AvgIpc) is 3.23. The summed E-state index contributed by atoms with van der Waals surface area (Å²) in [5, 5.41) is 0. The zero-order valence-corrected chi connectivity index (χ0v) is 41.8. The Morgan fingerprint density at radius 3 is 0.803 bits per heavy atom. The van der Waals surface area contributed by atoms with E-state index in [1.165, 1.54) is 193 Å². The second-order valence-electron chi connectivity index (χ2n) is 19.8. The first-order valence-electron chi connectivity index (χ1n) is 27.2. The van der Waals surface area contributed by atoms with Crippen LogP contribution in [-0.4, -0.2) is 37.2 Å². The van der Waals surface area contributed by atoms with Crippen LogP contribution in [0, 0.1) is 11.8 Å². The van der Waals surface area contributed by atoms with Crippen molar-refractivity contribution < 1.29 is 28.6 Å². The Balaban J connectivity index is 4.24. The van der Waals surface area contributed by atoms with Crippen molar-refractivity contribution in [2.45, 2.75) is 310 Å². The second-order valence-corrected chi connectivity index (χ2v) is 19.8. The van der Waals surface area contributed by atoms with E-state index < -0.39 is 6.10 Å². The first-order valence-corrected chi connectivity index (χ1v) is 27.2. The molecule has 362 valence electrons. The minimum Gasteiger partial charge on any atom is -0.462 e. The molecule has 0 saturated carbocycles. The van der Waals surface area contributed by atoms with Crippen LogP contribution in [-0.2, 0) is 28.6 Å². The van der Waals surface area contributed by atoms with Gasteiger partial charge in [-0.25, -0.2) is 0 Å². The molecule has 0 aromatic carbocycles. The number of hydrogen-bond donors (Lipinski definition) is 0. The summed E-state index contributed by atoms with van der Waals surface area (Å²) in [6.45, 7) is 11.4. The molecular weight excluding hydrogens is 757 g/mol. The van der Waals surface area contributed by atoms with E-state index in [0.29, 0.717) is 19.3 Å². The van der Waals surface area contributed by atoms with Crippen LogP contribution >= 0.6 is 0 Å². The molecule has 0 radical (unpaired) electrons. The lowest BCUT2D eigenvalue weighted by molar-refractivity contribution is -0.167. The van der Waals surface area contributed by atoms with Gasteiger partial charge in [-0.3, -0.25) is 14.4 Å². The fourth-order valence-electron chi connectivity index (χ4n) is 8.34. The third-order valence-corrected chi connectivity index (χ3v) is 12.5. The summed E-state index contributed by atoms with van der Waals surface area (Å²) >= 11 is 0. The van der Waals surface area contributed by atoms with Crippen LogP contribution in [0.2, 0.25) is 0 Å². The van der Waals surface area contributed by atoms with Gasteiger partial charge in [-0.2, -0.15) is 0 Å². The van der Waals surface area contributed by atoms with Gasteiger partial charge in [-0.15, -0.1) is 0 Å². The Hall–Kier alpha value is -1.59. The lowest BCUT2D eigenvalue weighted by Gasteiger charge is -2.18. The average molecular weight is 863 g/mol. The number of carbonyl (C=O) groups excluding carboxylic acids is 3. The van der Waals surface area contributed by atoms with Gasteiger partial charge in [-0.05, 0) is 31.1 Å². The Bertz CT molecular complexity index is 931. The molecule has 1 atom stereocenters. The smallest absolute Gasteiger partial charge is 0.306 e. The summed E-state index contributed by atoms with van der Waals surface area (Å²) in [6, 6.07) is 0. The first-order chi connectivity index (χ1) is 29.7. The monoisotopic (exact) mass is 863 g/mol. The quantitative estimate of drug-likeness (QED) is 0.0344. The lowest BCUT2D eigenvalue weighted by atomic mass is 10.0. The van der Waals surface area contributed by atoms with Crippen molar-refractivity contribution in [3.63, 3.8) is 0 Å². The number of hydrogen-bond acceptors (Lipinski definition) is 6. The van der Waals surface area contributed by atoms with Gasteiger partial charge in [0, 0.05) is 19.3 Å². The number of rotatable bonds is 49. The number of ether oxygens (including phenoxy) is 3. The summed E-state index contributed by atoms with van der Waals surface area (Å²) in [5.74, 6) is 0.842. The van der Waals surface area contributed by atoms with Crippen LogP contribution in [0.1, 0.15) is 304 Å². The molecular formula is C55H106O6. The van der Waals surface area contributed by atoms with Crippen molar-refractivity contribution in [3.8, 4) is 0 Å². The molecule has 61 heavy (non-hydrogen) atoms. The molecule has 0 heterocycles. The van der Waals surface area contributed by atoms with Crippen LogP contribution < -0.4 is 0 Å². The predicted octanol–water partition coefficient (Wildman–Crippen LogP) is 17.7. The van der Waals surface area contributed by atoms with Gasteiger partial charge < -0.3 is 14.2 Å². The fraction of sp³-hybridized carbons (Fsp3) is 0.945. The predicted molar refractivity (Wildman–Crippen MR) is 261 cm³/mol. The summed E-state index contributed by atoms with van der Waals surface area (Å²) in [5.41, 5.74) is 0. The van der Waals surface area contributed by atoms with Crippen molar-refractivity contribution in [1.29, 1.82) is 0 Å².